The Balaban J connectivity index is 2.84. The Morgan fingerprint density at radius 2 is 1.25 bits per heavy atom. The van der Waals surface area contributed by atoms with Gasteiger partial charge in [-0.25, -0.2) is 0 Å². The lowest BCUT2D eigenvalue weighted by Gasteiger charge is -2.27. The van der Waals surface area contributed by atoms with Crippen molar-refractivity contribution in [2.75, 3.05) is 0 Å². The molecule has 0 bridgehead atoms. The number of ether oxygens (including phenoxy) is 5. The molecule has 0 aliphatic carbocycles. The van der Waals surface area contributed by atoms with Crippen molar-refractivity contribution >= 4 is 0 Å². The molecule has 0 unspecified atom stereocenters. The van der Waals surface area contributed by atoms with E-state index in [0.717, 1.165) is 0 Å². The maximum absolute atomic E-state index is 11.9. The van der Waals surface area contributed by atoms with E-state index in [1.165, 1.54) is 0 Å². The van der Waals surface area contributed by atoms with Gasteiger partial charge in [-0.3, -0.25) is 0 Å². The summed E-state index contributed by atoms with van der Waals surface area (Å²) in [5.41, 5.74) is 0. The molecule has 1 rings (SSSR count). The minimum absolute atomic E-state index is 0.342. The van der Waals surface area contributed by atoms with Gasteiger partial charge in [0.15, 0.2) is 6.26 Å². The summed E-state index contributed by atoms with van der Waals surface area (Å²) in [5.74, 6) is -1.88. The fourth-order valence-electron chi connectivity index (χ4n) is 0.845. The fraction of sp³-hybridized carbons (Fsp3) is 0.667. The molecule has 0 aromatic carbocycles. The van der Waals surface area contributed by atoms with E-state index in [1.54, 1.807) is 0 Å². The first-order valence-corrected chi connectivity index (χ1v) is 4.06. The highest BCUT2D eigenvalue weighted by Gasteiger charge is 2.60. The molecule has 0 fully saturated rings. The summed E-state index contributed by atoms with van der Waals surface area (Å²) in [7, 11) is 0. The van der Waals surface area contributed by atoms with E-state index in [2.05, 4.69) is 23.7 Å². The zero-order valence-electron chi connectivity index (χ0n) is 8.52. The smallest absolute Gasteiger partial charge is 0.407 e. The first-order chi connectivity index (χ1) is 8.70. The molecular formula is C6HF9O5. The van der Waals surface area contributed by atoms with Crippen LogP contribution in [-0.4, -0.2) is 25.2 Å². The molecular weight excluding hydrogens is 323 g/mol. The lowest BCUT2D eigenvalue weighted by Crippen LogP contribution is -2.46. The third-order valence-corrected chi connectivity index (χ3v) is 1.22. The average molecular weight is 324 g/mol. The third kappa shape index (κ3) is 5.60. The minimum atomic E-state index is -5.78. The SMILES string of the molecule is FC(F)(F)OC1=COC(OC(F)(F)F)(OC(F)(F)F)O1. The Kier molecular flexibility index (Phi) is 3.93. The molecule has 0 saturated carbocycles. The van der Waals surface area contributed by atoms with Gasteiger partial charge in [0.1, 0.15) is 0 Å². The van der Waals surface area contributed by atoms with Crippen LogP contribution in [0, 0.1) is 0 Å². The summed E-state index contributed by atoms with van der Waals surface area (Å²) in [6.07, 6.45) is -21.7. The summed E-state index contributed by atoms with van der Waals surface area (Å²) in [6, 6.07) is 0. The van der Waals surface area contributed by atoms with Gasteiger partial charge in [-0.05, 0) is 0 Å². The lowest BCUT2D eigenvalue weighted by atomic mass is 10.9. The van der Waals surface area contributed by atoms with Gasteiger partial charge in [0, 0.05) is 0 Å². The summed E-state index contributed by atoms with van der Waals surface area (Å²) in [4.78, 5) is 0. The predicted molar refractivity (Wildman–Crippen MR) is 34.4 cm³/mol. The number of rotatable bonds is 3. The fourth-order valence-corrected chi connectivity index (χ4v) is 0.845. The average Bonchev–Trinajstić information content (AvgIpc) is 2.37. The first-order valence-electron chi connectivity index (χ1n) is 4.06. The first kappa shape index (κ1) is 16.5. The summed E-state index contributed by atoms with van der Waals surface area (Å²) in [5, 5.41) is 0. The molecule has 5 nitrogen and oxygen atoms in total. The molecule has 0 aromatic rings. The van der Waals surface area contributed by atoms with Crippen LogP contribution in [0.1, 0.15) is 0 Å². The van der Waals surface area contributed by atoms with Gasteiger partial charge in [-0.1, -0.05) is 0 Å². The Bertz CT molecular complexity index is 364. The van der Waals surface area contributed by atoms with Crippen LogP contribution in [0.2, 0.25) is 0 Å². The zero-order chi connectivity index (χ0) is 15.8. The molecule has 1 aliphatic heterocycles. The Hall–Kier alpha value is -1.57. The van der Waals surface area contributed by atoms with E-state index >= 15 is 0 Å². The van der Waals surface area contributed by atoms with E-state index in [1.807, 2.05) is 0 Å². The Morgan fingerprint density at radius 3 is 1.60 bits per heavy atom. The highest BCUT2D eigenvalue weighted by Crippen LogP contribution is 2.40. The van der Waals surface area contributed by atoms with Crippen LogP contribution in [0.4, 0.5) is 39.5 Å². The molecule has 0 saturated heterocycles. The summed E-state index contributed by atoms with van der Waals surface area (Å²) in [6.45, 7) is 0. The minimum Gasteiger partial charge on any atom is -0.407 e. The molecule has 0 aromatic heterocycles. The molecule has 0 radical (unpaired) electrons. The molecule has 0 amide bonds. The zero-order valence-corrected chi connectivity index (χ0v) is 8.52. The largest absolute Gasteiger partial charge is 0.575 e. The topological polar surface area (TPSA) is 46.2 Å². The number of hydrogen-bond acceptors (Lipinski definition) is 5. The maximum atomic E-state index is 11.9. The van der Waals surface area contributed by atoms with Crippen molar-refractivity contribution in [3.05, 3.63) is 12.2 Å². The van der Waals surface area contributed by atoms with E-state index in [0.29, 0.717) is 0 Å². The van der Waals surface area contributed by atoms with Crippen LogP contribution < -0.4 is 0 Å². The van der Waals surface area contributed by atoms with Gasteiger partial charge < -0.3 is 14.2 Å². The third-order valence-electron chi connectivity index (χ3n) is 1.22. The number of alkyl halides is 9. The molecule has 0 atom stereocenters. The van der Waals surface area contributed by atoms with Crippen molar-refractivity contribution < 1.29 is 63.2 Å². The van der Waals surface area contributed by atoms with Gasteiger partial charge in [-0.15, -0.1) is 39.5 Å². The second-order valence-corrected chi connectivity index (χ2v) is 2.80. The van der Waals surface area contributed by atoms with E-state index < -0.39 is 31.2 Å². The standard InChI is InChI=1S/C6HF9O5/c7-3(8,9)17-2-1-16-6(18-2,19-4(10,11)12)20-5(13,14)15/h1H. The predicted octanol–water partition coefficient (Wildman–Crippen LogP) is 3.05. The monoisotopic (exact) mass is 324 g/mol. The Labute approximate surface area is 102 Å². The van der Waals surface area contributed by atoms with Crippen LogP contribution in [0.5, 0.6) is 0 Å². The van der Waals surface area contributed by atoms with Crippen molar-refractivity contribution in [3.63, 3.8) is 0 Å². The molecule has 1 aliphatic rings. The molecule has 1 heterocycles. The van der Waals surface area contributed by atoms with Crippen molar-refractivity contribution in [1.29, 1.82) is 0 Å². The van der Waals surface area contributed by atoms with Gasteiger partial charge in [0.05, 0.1) is 0 Å². The van der Waals surface area contributed by atoms with Crippen LogP contribution in [0.3, 0.4) is 0 Å². The summed E-state index contributed by atoms with van der Waals surface area (Å²) >= 11 is 0. The van der Waals surface area contributed by atoms with Crippen LogP contribution in [0.15, 0.2) is 12.2 Å². The van der Waals surface area contributed by atoms with Gasteiger partial charge >= 0.3 is 31.2 Å². The highest BCUT2D eigenvalue weighted by molar-refractivity contribution is 4.84. The maximum Gasteiger partial charge on any atom is 0.575 e. The van der Waals surface area contributed by atoms with Crippen molar-refractivity contribution in [3.8, 4) is 0 Å². The van der Waals surface area contributed by atoms with E-state index in [-0.39, 0.29) is 6.26 Å². The summed E-state index contributed by atoms with van der Waals surface area (Å²) < 4.78 is 122. The molecule has 0 N–H and O–H groups in total. The van der Waals surface area contributed by atoms with Gasteiger partial charge in [0.25, 0.3) is 0 Å². The quantitative estimate of drug-likeness (QED) is 0.590. The second kappa shape index (κ2) is 4.76. The lowest BCUT2D eigenvalue weighted by molar-refractivity contribution is -0.588. The van der Waals surface area contributed by atoms with Crippen LogP contribution >= 0.6 is 0 Å². The van der Waals surface area contributed by atoms with E-state index in [4.69, 9.17) is 0 Å². The molecule has 0 spiro atoms. The molecule has 14 heteroatoms. The normalized spacial score (nSPS) is 19.1. The van der Waals surface area contributed by atoms with Crippen molar-refractivity contribution in [2.45, 2.75) is 25.2 Å². The van der Waals surface area contributed by atoms with E-state index in [9.17, 15) is 39.5 Å². The number of hydrogen-bond donors (Lipinski definition) is 0. The molecule has 118 valence electrons. The van der Waals surface area contributed by atoms with Gasteiger partial charge in [0.2, 0.25) is 0 Å². The van der Waals surface area contributed by atoms with Crippen molar-refractivity contribution in [2.24, 2.45) is 0 Å². The molecule has 20 heavy (non-hydrogen) atoms. The van der Waals surface area contributed by atoms with Crippen LogP contribution in [0.25, 0.3) is 0 Å². The van der Waals surface area contributed by atoms with Crippen molar-refractivity contribution in [1.82, 2.24) is 0 Å². The number of halogens is 9. The van der Waals surface area contributed by atoms with Gasteiger partial charge in [-0.2, -0.15) is 9.47 Å². The Morgan fingerprint density at radius 1 is 0.800 bits per heavy atom. The highest BCUT2D eigenvalue weighted by atomic mass is 19.4. The van der Waals surface area contributed by atoms with Crippen LogP contribution in [-0.2, 0) is 23.7 Å². The second-order valence-electron chi connectivity index (χ2n) is 2.80.